The van der Waals surface area contributed by atoms with Gasteiger partial charge in [-0.3, -0.25) is 9.69 Å². The number of carbonyl (C=O) groups is 1. The van der Waals surface area contributed by atoms with Crippen molar-refractivity contribution in [3.05, 3.63) is 46.2 Å². The van der Waals surface area contributed by atoms with E-state index < -0.39 is 0 Å². The predicted octanol–water partition coefficient (Wildman–Crippen LogP) is 3.71. The van der Waals surface area contributed by atoms with E-state index >= 15 is 0 Å². The maximum Gasteiger partial charge on any atom is 0.176 e. The Morgan fingerprint density at radius 2 is 2.13 bits per heavy atom. The van der Waals surface area contributed by atoms with Gasteiger partial charge in [-0.1, -0.05) is 31.2 Å². The third-order valence-corrected chi connectivity index (χ3v) is 6.22. The van der Waals surface area contributed by atoms with Crippen molar-refractivity contribution >= 4 is 17.1 Å². The monoisotopic (exact) mass is 331 g/mol. The maximum absolute atomic E-state index is 12.9. The Kier molecular flexibility index (Phi) is 4.85. The first-order valence-electron chi connectivity index (χ1n) is 8.30. The normalized spacial score (nSPS) is 29.6. The van der Waals surface area contributed by atoms with Crippen molar-refractivity contribution in [1.29, 1.82) is 0 Å². The van der Waals surface area contributed by atoms with E-state index in [-0.39, 0.29) is 23.2 Å². The van der Waals surface area contributed by atoms with Crippen molar-refractivity contribution in [2.75, 3.05) is 26.3 Å². The second kappa shape index (κ2) is 6.71. The van der Waals surface area contributed by atoms with Gasteiger partial charge in [0, 0.05) is 30.5 Å². The second-order valence-corrected chi connectivity index (χ2v) is 7.65. The third kappa shape index (κ3) is 3.21. The number of ketones is 1. The number of ether oxygens (including phenoxy) is 1. The second-order valence-electron chi connectivity index (χ2n) is 6.74. The van der Waals surface area contributed by atoms with Gasteiger partial charge in [0.05, 0.1) is 18.1 Å². The molecule has 0 N–H and O–H groups in total. The van der Waals surface area contributed by atoms with Gasteiger partial charge in [-0.25, -0.2) is 0 Å². The van der Waals surface area contributed by atoms with Crippen LogP contribution in [0.4, 0.5) is 0 Å². The number of rotatable bonds is 4. The summed E-state index contributed by atoms with van der Waals surface area (Å²) in [4.78, 5) is 16.3. The number of hydrogen-bond acceptors (Lipinski definition) is 4. The minimum absolute atomic E-state index is 0.0397. The number of nitrogens with zero attached hydrogens (tertiary/aromatic N) is 1. The Bertz CT molecular complexity index is 627. The summed E-state index contributed by atoms with van der Waals surface area (Å²) in [6.45, 7) is 9.75. The van der Waals surface area contributed by atoms with Crippen LogP contribution in [0.25, 0.3) is 0 Å². The zero-order chi connectivity index (χ0) is 16.4. The Morgan fingerprint density at radius 1 is 1.39 bits per heavy atom. The molecule has 2 aliphatic rings. The number of thiophene rings is 1. The van der Waals surface area contributed by atoms with Crippen LogP contribution in [0.5, 0.6) is 0 Å². The molecule has 1 aromatic rings. The summed E-state index contributed by atoms with van der Waals surface area (Å²) < 4.78 is 5.50. The smallest absolute Gasteiger partial charge is 0.176 e. The molecule has 1 aliphatic heterocycles. The topological polar surface area (TPSA) is 29.5 Å². The van der Waals surface area contributed by atoms with Crippen LogP contribution in [0.2, 0.25) is 0 Å². The average Bonchev–Trinajstić information content (AvgIpc) is 3.01. The molecule has 3 nitrogen and oxygen atoms in total. The Labute approximate surface area is 142 Å². The van der Waals surface area contributed by atoms with E-state index in [0.717, 1.165) is 31.2 Å². The molecule has 0 amide bonds. The summed E-state index contributed by atoms with van der Waals surface area (Å²) in [5.41, 5.74) is 1.04. The third-order valence-electron chi connectivity index (χ3n) is 5.16. The highest BCUT2D eigenvalue weighted by Gasteiger charge is 2.42. The van der Waals surface area contributed by atoms with Crippen molar-refractivity contribution in [3.63, 3.8) is 0 Å². The maximum atomic E-state index is 12.9. The number of Topliss-reactive ketones (excluding diaryl/α,β-unsaturated/α-hetero) is 1. The van der Waals surface area contributed by atoms with Crippen LogP contribution in [0.1, 0.15) is 29.1 Å². The van der Waals surface area contributed by atoms with Gasteiger partial charge in [0.1, 0.15) is 0 Å². The van der Waals surface area contributed by atoms with E-state index in [2.05, 4.69) is 48.4 Å². The van der Waals surface area contributed by atoms with E-state index in [1.165, 1.54) is 5.56 Å². The van der Waals surface area contributed by atoms with E-state index in [4.69, 9.17) is 4.74 Å². The van der Waals surface area contributed by atoms with Crippen LogP contribution in [0, 0.1) is 18.8 Å². The number of carbonyl (C=O) groups excluding carboxylic acids is 1. The zero-order valence-corrected chi connectivity index (χ0v) is 14.9. The van der Waals surface area contributed by atoms with Crippen molar-refractivity contribution in [3.8, 4) is 0 Å². The number of allylic oxidation sites excluding steroid dienone is 2. The molecule has 0 spiro atoms. The molecule has 2 heterocycles. The highest BCUT2D eigenvalue weighted by Crippen LogP contribution is 2.38. The Balaban J connectivity index is 1.84. The summed E-state index contributed by atoms with van der Waals surface area (Å²) in [6.07, 6.45) is 8.65. The largest absolute Gasteiger partial charge is 0.379 e. The minimum Gasteiger partial charge on any atom is -0.379 e. The molecule has 124 valence electrons. The van der Waals surface area contributed by atoms with Gasteiger partial charge in [0.15, 0.2) is 5.78 Å². The molecule has 4 heteroatoms. The fraction of sp³-hybridized carbons (Fsp3) is 0.526. The summed E-state index contributed by atoms with van der Waals surface area (Å²) in [6, 6.07) is 2.01. The van der Waals surface area contributed by atoms with Crippen molar-refractivity contribution in [1.82, 2.24) is 4.90 Å². The molecule has 3 atom stereocenters. The number of aryl methyl sites for hydroxylation is 1. The molecule has 3 rings (SSSR count). The quantitative estimate of drug-likeness (QED) is 0.788. The molecule has 0 aromatic carbocycles. The van der Waals surface area contributed by atoms with E-state index in [0.29, 0.717) is 0 Å². The zero-order valence-electron chi connectivity index (χ0n) is 14.1. The van der Waals surface area contributed by atoms with Crippen LogP contribution in [0.15, 0.2) is 35.8 Å². The minimum atomic E-state index is -0.125. The van der Waals surface area contributed by atoms with Gasteiger partial charge < -0.3 is 4.74 Å². The predicted molar refractivity (Wildman–Crippen MR) is 95.1 cm³/mol. The molecule has 1 aromatic heterocycles. The molecule has 1 aliphatic carbocycles. The lowest BCUT2D eigenvalue weighted by molar-refractivity contribution is -0.0192. The molecule has 0 radical (unpaired) electrons. The molecule has 1 fully saturated rings. The standard InChI is InChI=1S/C19H25NO2S/c1-14-12-17(23-13-14)18(21)15(2)16-6-4-5-7-19(16,3)20-8-10-22-11-9-20/h4-7,12-13,15-16H,8-11H2,1-3H3. The van der Waals surface area contributed by atoms with E-state index in [1.807, 2.05) is 13.0 Å². The number of hydrogen-bond donors (Lipinski definition) is 0. The molecule has 0 bridgehead atoms. The van der Waals surface area contributed by atoms with Crippen LogP contribution < -0.4 is 0 Å². The fourth-order valence-corrected chi connectivity index (χ4v) is 4.66. The van der Waals surface area contributed by atoms with Gasteiger partial charge in [0.25, 0.3) is 0 Å². The van der Waals surface area contributed by atoms with Crippen molar-refractivity contribution in [2.45, 2.75) is 26.3 Å². The molecular formula is C19H25NO2S. The first-order chi connectivity index (χ1) is 11.0. The summed E-state index contributed by atoms with van der Waals surface area (Å²) in [5.74, 6) is 0.398. The molecule has 1 saturated heterocycles. The van der Waals surface area contributed by atoms with Crippen LogP contribution in [0.3, 0.4) is 0 Å². The van der Waals surface area contributed by atoms with Crippen molar-refractivity contribution in [2.24, 2.45) is 11.8 Å². The summed E-state index contributed by atoms with van der Waals surface area (Å²) in [7, 11) is 0. The van der Waals surface area contributed by atoms with E-state index in [9.17, 15) is 4.79 Å². The van der Waals surface area contributed by atoms with E-state index in [1.54, 1.807) is 11.3 Å². The molecular weight excluding hydrogens is 306 g/mol. The number of morpholine rings is 1. The van der Waals surface area contributed by atoms with Gasteiger partial charge >= 0.3 is 0 Å². The fourth-order valence-electron chi connectivity index (χ4n) is 3.72. The molecule has 3 unspecified atom stereocenters. The summed E-state index contributed by atoms with van der Waals surface area (Å²) in [5, 5.41) is 2.05. The SMILES string of the molecule is Cc1csc(C(=O)C(C)C2C=CC=CC2(C)N2CCOCC2)c1. The Hall–Kier alpha value is -1.23. The highest BCUT2D eigenvalue weighted by atomic mass is 32.1. The summed E-state index contributed by atoms with van der Waals surface area (Å²) >= 11 is 1.56. The van der Waals surface area contributed by atoms with Gasteiger partial charge in [-0.05, 0) is 30.9 Å². The van der Waals surface area contributed by atoms with Crippen LogP contribution in [-0.4, -0.2) is 42.5 Å². The van der Waals surface area contributed by atoms with Crippen LogP contribution >= 0.6 is 11.3 Å². The molecule has 0 saturated carbocycles. The van der Waals surface area contributed by atoms with Gasteiger partial charge in [-0.2, -0.15) is 0 Å². The van der Waals surface area contributed by atoms with Gasteiger partial charge in [0.2, 0.25) is 0 Å². The lowest BCUT2D eigenvalue weighted by Crippen LogP contribution is -2.56. The van der Waals surface area contributed by atoms with Crippen LogP contribution in [-0.2, 0) is 4.74 Å². The molecule has 23 heavy (non-hydrogen) atoms. The first kappa shape index (κ1) is 16.6. The highest BCUT2D eigenvalue weighted by molar-refractivity contribution is 7.12. The Morgan fingerprint density at radius 3 is 2.78 bits per heavy atom. The van der Waals surface area contributed by atoms with Gasteiger partial charge in [-0.15, -0.1) is 11.3 Å². The lowest BCUT2D eigenvalue weighted by Gasteiger charge is -2.48. The lowest BCUT2D eigenvalue weighted by atomic mass is 9.72. The average molecular weight is 331 g/mol. The first-order valence-corrected chi connectivity index (χ1v) is 9.18. The van der Waals surface area contributed by atoms with Crippen molar-refractivity contribution < 1.29 is 9.53 Å².